The van der Waals surface area contributed by atoms with Gasteiger partial charge < -0.3 is 9.47 Å². The Bertz CT molecular complexity index is 680. The summed E-state index contributed by atoms with van der Waals surface area (Å²) < 4.78 is 10.8. The van der Waals surface area contributed by atoms with Crippen LogP contribution in [0, 0.1) is 0 Å². The molecule has 0 aliphatic heterocycles. The smallest absolute Gasteiger partial charge is 0.339 e. The average Bonchev–Trinajstić information content (AvgIpc) is 2.86. The van der Waals surface area contributed by atoms with Crippen LogP contribution in [0.15, 0.2) is 36.4 Å². The first-order valence-corrected chi connectivity index (χ1v) is 13.8. The number of esters is 2. The summed E-state index contributed by atoms with van der Waals surface area (Å²) in [6, 6.07) is 6.75. The predicted molar refractivity (Wildman–Crippen MR) is 141 cm³/mol. The molecule has 1 rings (SSSR count). The van der Waals surface area contributed by atoms with Gasteiger partial charge in [0.05, 0.1) is 24.3 Å². The maximum absolute atomic E-state index is 12.5. The van der Waals surface area contributed by atoms with Gasteiger partial charge in [0.15, 0.2) is 0 Å². The fourth-order valence-corrected chi connectivity index (χ4v) is 3.89. The summed E-state index contributed by atoms with van der Waals surface area (Å²) in [5, 5.41) is 0. The molecule has 0 N–H and O–H groups in total. The third-order valence-electron chi connectivity index (χ3n) is 6.01. The minimum atomic E-state index is -0.470. The number of unbranched alkanes of at least 4 members (excludes halogenated alkanes) is 13. The van der Waals surface area contributed by atoms with E-state index in [0.29, 0.717) is 19.6 Å². The van der Waals surface area contributed by atoms with Gasteiger partial charge in [0.1, 0.15) is 0 Å². The van der Waals surface area contributed by atoms with E-state index in [-0.39, 0.29) is 11.1 Å². The summed E-state index contributed by atoms with van der Waals surface area (Å²) >= 11 is 0. The Morgan fingerprint density at radius 1 is 0.588 bits per heavy atom. The number of benzene rings is 1. The second-order valence-corrected chi connectivity index (χ2v) is 9.11. The van der Waals surface area contributed by atoms with E-state index in [2.05, 4.69) is 26.0 Å². The molecule has 0 amide bonds. The lowest BCUT2D eigenvalue weighted by Crippen LogP contribution is -2.14. The Kier molecular flexibility index (Phi) is 18.9. The molecule has 0 unspecified atom stereocenters. The minimum Gasteiger partial charge on any atom is -0.462 e. The molecular formula is C30H48O4. The van der Waals surface area contributed by atoms with Crippen molar-refractivity contribution >= 4 is 11.9 Å². The lowest BCUT2D eigenvalue weighted by atomic mass is 10.1. The molecule has 0 radical (unpaired) electrons. The van der Waals surface area contributed by atoms with Crippen molar-refractivity contribution in [2.45, 2.75) is 117 Å². The van der Waals surface area contributed by atoms with E-state index < -0.39 is 11.9 Å². The minimum absolute atomic E-state index is 0.277. The van der Waals surface area contributed by atoms with Crippen LogP contribution < -0.4 is 0 Å². The second kappa shape index (κ2) is 21.4. The van der Waals surface area contributed by atoms with Crippen LogP contribution in [0.2, 0.25) is 0 Å². The van der Waals surface area contributed by atoms with Gasteiger partial charge in [-0.25, -0.2) is 9.59 Å². The number of allylic oxidation sites excluding steroid dienone is 1. The number of rotatable bonds is 21. The summed E-state index contributed by atoms with van der Waals surface area (Å²) in [5.41, 5.74) is 0.560. The van der Waals surface area contributed by atoms with Crippen molar-refractivity contribution in [3.05, 3.63) is 47.5 Å². The fraction of sp³-hybridized carbons (Fsp3) is 0.667. The molecule has 0 heterocycles. The molecule has 0 aromatic heterocycles. The Hall–Kier alpha value is -2.10. The van der Waals surface area contributed by atoms with Gasteiger partial charge in [0.25, 0.3) is 0 Å². The van der Waals surface area contributed by atoms with Crippen molar-refractivity contribution in [2.75, 3.05) is 13.2 Å². The van der Waals surface area contributed by atoms with Crippen molar-refractivity contribution in [3.63, 3.8) is 0 Å². The van der Waals surface area contributed by atoms with Crippen LogP contribution in [-0.2, 0) is 9.47 Å². The fourth-order valence-electron chi connectivity index (χ4n) is 3.89. The summed E-state index contributed by atoms with van der Waals surface area (Å²) in [5.74, 6) is -0.918. The van der Waals surface area contributed by atoms with Crippen LogP contribution in [-0.4, -0.2) is 25.2 Å². The first-order chi connectivity index (χ1) is 16.7. The third kappa shape index (κ3) is 14.9. The lowest BCUT2D eigenvalue weighted by molar-refractivity contribution is 0.0457. The molecule has 192 valence electrons. The summed E-state index contributed by atoms with van der Waals surface area (Å²) in [6.07, 6.45) is 23.3. The van der Waals surface area contributed by atoms with Crippen LogP contribution in [0.1, 0.15) is 137 Å². The Morgan fingerprint density at radius 2 is 1.03 bits per heavy atom. The first-order valence-electron chi connectivity index (χ1n) is 13.8. The second-order valence-electron chi connectivity index (χ2n) is 9.11. The van der Waals surface area contributed by atoms with Crippen LogP contribution in [0.25, 0.3) is 0 Å². The van der Waals surface area contributed by atoms with E-state index >= 15 is 0 Å². The first kappa shape index (κ1) is 29.9. The molecule has 0 spiro atoms. The quantitative estimate of drug-likeness (QED) is 0.102. The number of carbonyl (C=O) groups excluding carboxylic acids is 2. The van der Waals surface area contributed by atoms with Gasteiger partial charge in [-0.3, -0.25) is 0 Å². The zero-order chi connectivity index (χ0) is 24.7. The van der Waals surface area contributed by atoms with Gasteiger partial charge in [0.2, 0.25) is 0 Å². The van der Waals surface area contributed by atoms with Crippen molar-refractivity contribution in [1.29, 1.82) is 0 Å². The largest absolute Gasteiger partial charge is 0.462 e. The van der Waals surface area contributed by atoms with Crippen LogP contribution in [0.5, 0.6) is 0 Å². The molecule has 0 saturated carbocycles. The van der Waals surface area contributed by atoms with Gasteiger partial charge in [-0.1, -0.05) is 115 Å². The highest BCUT2D eigenvalue weighted by Crippen LogP contribution is 2.14. The molecule has 0 atom stereocenters. The predicted octanol–water partition coefficient (Wildman–Crippen LogP) is 8.84. The van der Waals surface area contributed by atoms with Crippen molar-refractivity contribution in [2.24, 2.45) is 0 Å². The molecule has 0 aliphatic rings. The molecule has 34 heavy (non-hydrogen) atoms. The lowest BCUT2D eigenvalue weighted by Gasteiger charge is -2.09. The number of hydrogen-bond acceptors (Lipinski definition) is 4. The van der Waals surface area contributed by atoms with Gasteiger partial charge in [-0.2, -0.15) is 0 Å². The van der Waals surface area contributed by atoms with Crippen molar-refractivity contribution < 1.29 is 19.1 Å². The Labute approximate surface area is 208 Å². The average molecular weight is 473 g/mol. The van der Waals surface area contributed by atoms with E-state index in [1.54, 1.807) is 24.3 Å². The normalized spacial score (nSPS) is 11.1. The zero-order valence-corrected chi connectivity index (χ0v) is 21.8. The van der Waals surface area contributed by atoms with E-state index in [1.165, 1.54) is 77.0 Å². The van der Waals surface area contributed by atoms with Crippen LogP contribution >= 0.6 is 0 Å². The maximum atomic E-state index is 12.5. The summed E-state index contributed by atoms with van der Waals surface area (Å²) in [7, 11) is 0. The Morgan fingerprint density at radius 3 is 1.59 bits per heavy atom. The SMILES string of the molecule is CCCCCC/C=C/CCOC(=O)c1ccccc1C(=O)OCCCCCCCCCCCC. The number of carbonyl (C=O) groups is 2. The van der Waals surface area contributed by atoms with Crippen molar-refractivity contribution in [1.82, 2.24) is 0 Å². The monoisotopic (exact) mass is 472 g/mol. The van der Waals surface area contributed by atoms with Crippen LogP contribution in [0.4, 0.5) is 0 Å². The van der Waals surface area contributed by atoms with Gasteiger partial charge in [-0.05, 0) is 37.8 Å². The summed E-state index contributed by atoms with van der Waals surface area (Å²) in [4.78, 5) is 25.0. The molecule has 4 nitrogen and oxygen atoms in total. The standard InChI is InChI=1S/C30H48O4/c1-3-5-7-9-11-13-14-16-18-22-26-34-30(32)28-24-20-19-23-27(28)29(31)33-25-21-17-15-12-10-8-6-4-2/h15,17,19-20,23-24H,3-14,16,18,21-22,25-26H2,1-2H3/b17-15+. The third-order valence-corrected chi connectivity index (χ3v) is 6.01. The number of hydrogen-bond donors (Lipinski definition) is 0. The van der Waals surface area contributed by atoms with E-state index in [0.717, 1.165) is 19.3 Å². The summed E-state index contributed by atoms with van der Waals surface area (Å²) in [6.45, 7) is 5.16. The van der Waals surface area contributed by atoms with Gasteiger partial charge in [0, 0.05) is 0 Å². The van der Waals surface area contributed by atoms with Gasteiger partial charge in [-0.15, -0.1) is 0 Å². The highest BCUT2D eigenvalue weighted by Gasteiger charge is 2.18. The molecule has 0 bridgehead atoms. The van der Waals surface area contributed by atoms with Crippen molar-refractivity contribution in [3.8, 4) is 0 Å². The highest BCUT2D eigenvalue weighted by atomic mass is 16.5. The molecule has 0 fully saturated rings. The highest BCUT2D eigenvalue weighted by molar-refractivity contribution is 6.03. The zero-order valence-electron chi connectivity index (χ0n) is 21.8. The van der Waals surface area contributed by atoms with E-state index in [1.807, 2.05) is 0 Å². The Balaban J connectivity index is 2.23. The maximum Gasteiger partial charge on any atom is 0.339 e. The van der Waals surface area contributed by atoms with Gasteiger partial charge >= 0.3 is 11.9 Å². The van der Waals surface area contributed by atoms with E-state index in [9.17, 15) is 9.59 Å². The van der Waals surface area contributed by atoms with E-state index in [4.69, 9.17) is 9.47 Å². The molecule has 0 saturated heterocycles. The van der Waals surface area contributed by atoms with Crippen LogP contribution in [0.3, 0.4) is 0 Å². The molecular weight excluding hydrogens is 424 g/mol. The molecule has 0 aliphatic carbocycles. The molecule has 4 heteroatoms. The molecule has 1 aromatic carbocycles. The topological polar surface area (TPSA) is 52.6 Å². The molecule has 1 aromatic rings. The number of ether oxygens (including phenoxy) is 2.